The number of nitrogens with one attached hydrogen (secondary N) is 1. The predicted octanol–water partition coefficient (Wildman–Crippen LogP) is 0.282. The third-order valence-electron chi connectivity index (χ3n) is 1.14. The maximum atomic E-state index is 10.6. The van der Waals surface area contributed by atoms with Crippen molar-refractivity contribution in [3.05, 3.63) is 12.2 Å². The van der Waals surface area contributed by atoms with E-state index in [1.54, 1.807) is 0 Å². The molecule has 0 saturated carbocycles. The van der Waals surface area contributed by atoms with Crippen LogP contribution in [-0.2, 0) is 4.79 Å². The highest BCUT2D eigenvalue weighted by Gasteiger charge is 2.11. The van der Waals surface area contributed by atoms with Gasteiger partial charge in [-0.1, -0.05) is 6.58 Å². The first kappa shape index (κ1) is 8.32. The Balaban J connectivity index is 2.81. The summed E-state index contributed by atoms with van der Waals surface area (Å²) >= 11 is 0. The topological polar surface area (TPSA) is 70.9 Å². The molecule has 12 heavy (non-hydrogen) atoms. The van der Waals surface area contributed by atoms with Crippen LogP contribution in [0.3, 0.4) is 0 Å². The van der Waals surface area contributed by atoms with E-state index >= 15 is 0 Å². The van der Waals surface area contributed by atoms with Crippen molar-refractivity contribution in [2.45, 2.75) is 6.92 Å². The van der Waals surface area contributed by atoms with Gasteiger partial charge in [0.25, 0.3) is 0 Å². The van der Waals surface area contributed by atoms with E-state index in [2.05, 4.69) is 21.9 Å². The fourth-order valence-electron chi connectivity index (χ4n) is 0.666. The van der Waals surface area contributed by atoms with Gasteiger partial charge in [0.2, 0.25) is 5.91 Å². The fourth-order valence-corrected chi connectivity index (χ4v) is 0.666. The zero-order valence-electron chi connectivity index (χ0n) is 6.50. The van der Waals surface area contributed by atoms with Gasteiger partial charge in [-0.25, -0.2) is 4.79 Å². The second-order valence-corrected chi connectivity index (χ2v) is 2.21. The second-order valence-electron chi connectivity index (χ2n) is 2.21. The van der Waals surface area contributed by atoms with Crippen molar-refractivity contribution in [2.24, 2.45) is 9.98 Å². The van der Waals surface area contributed by atoms with Gasteiger partial charge in [-0.15, -0.1) is 0 Å². The van der Waals surface area contributed by atoms with Crippen LogP contribution in [0.1, 0.15) is 6.92 Å². The Morgan fingerprint density at radius 2 is 2.33 bits per heavy atom. The van der Waals surface area contributed by atoms with Crippen molar-refractivity contribution >= 4 is 24.0 Å². The Morgan fingerprint density at radius 1 is 1.67 bits per heavy atom. The smallest absolute Gasteiger partial charge is 0.310 e. The van der Waals surface area contributed by atoms with Crippen LogP contribution in [0.4, 0.5) is 4.79 Å². The minimum atomic E-state index is -0.633. The largest absolute Gasteiger partial charge is 0.369 e. The molecule has 1 rings (SSSR count). The average molecular weight is 165 g/mol. The summed E-state index contributed by atoms with van der Waals surface area (Å²) in [7, 11) is 0. The van der Waals surface area contributed by atoms with E-state index in [-0.39, 0.29) is 11.7 Å². The first-order valence-corrected chi connectivity index (χ1v) is 3.23. The van der Waals surface area contributed by atoms with Crippen LogP contribution in [0.15, 0.2) is 22.1 Å². The van der Waals surface area contributed by atoms with Gasteiger partial charge >= 0.3 is 6.03 Å². The quantitative estimate of drug-likeness (QED) is 0.560. The van der Waals surface area contributed by atoms with Gasteiger partial charge in [-0.2, -0.15) is 9.98 Å². The Labute approximate surface area is 68.9 Å². The lowest BCUT2D eigenvalue weighted by molar-refractivity contribution is -0.117. The fraction of sp³-hybridized carbons (Fsp3) is 0.143. The molecule has 0 aromatic heterocycles. The summed E-state index contributed by atoms with van der Waals surface area (Å²) in [6.45, 7) is 4.86. The number of amidine groups is 1. The number of aliphatic imine (C=N–C) groups is 2. The number of rotatable bonds is 0. The maximum absolute atomic E-state index is 10.6. The van der Waals surface area contributed by atoms with Crippen LogP contribution >= 0.6 is 0 Å². The predicted molar refractivity (Wildman–Crippen MR) is 44.3 cm³/mol. The number of urea groups is 1. The van der Waals surface area contributed by atoms with Gasteiger partial charge in [0.15, 0.2) is 0 Å². The number of hydrogen-bond acceptors (Lipinski definition) is 2. The van der Waals surface area contributed by atoms with Crippen molar-refractivity contribution in [1.82, 2.24) is 5.32 Å². The summed E-state index contributed by atoms with van der Waals surface area (Å²) in [4.78, 5) is 28.0. The molecule has 0 aromatic rings. The zero-order valence-corrected chi connectivity index (χ0v) is 6.50. The molecule has 0 fully saturated rings. The highest BCUT2D eigenvalue weighted by molar-refractivity contribution is 6.24. The minimum Gasteiger partial charge on any atom is -0.310 e. The van der Waals surface area contributed by atoms with Gasteiger partial charge in [0.05, 0.1) is 0 Å². The molecular formula is C7H7N3O2. The molecule has 0 spiro atoms. The Bertz CT molecular complexity index is 315. The molecule has 3 amide bonds. The van der Waals surface area contributed by atoms with E-state index in [1.807, 2.05) is 0 Å². The van der Waals surface area contributed by atoms with Crippen molar-refractivity contribution < 1.29 is 9.59 Å². The first-order valence-electron chi connectivity index (χ1n) is 3.23. The Morgan fingerprint density at radius 3 is 2.92 bits per heavy atom. The summed E-state index contributed by atoms with van der Waals surface area (Å²) < 4.78 is 0. The molecule has 5 heteroatoms. The van der Waals surface area contributed by atoms with Crippen molar-refractivity contribution in [2.75, 3.05) is 0 Å². The van der Waals surface area contributed by atoms with E-state index in [9.17, 15) is 9.59 Å². The van der Waals surface area contributed by atoms with E-state index in [0.717, 1.165) is 0 Å². The van der Waals surface area contributed by atoms with Crippen LogP contribution in [0.5, 0.6) is 0 Å². The summed E-state index contributed by atoms with van der Waals surface area (Å²) in [5.41, 5.74) is 0.421. The Kier molecular flexibility index (Phi) is 2.14. The highest BCUT2D eigenvalue weighted by Crippen LogP contribution is 1.98. The van der Waals surface area contributed by atoms with Gasteiger partial charge in [-0.05, 0) is 0 Å². The number of carbonyl (C=O) groups excluding carboxylic acids is 2. The summed E-state index contributed by atoms with van der Waals surface area (Å²) in [5, 5.41) is 2.36. The molecule has 1 N–H and O–H groups in total. The zero-order chi connectivity index (χ0) is 9.14. The summed E-state index contributed by atoms with van der Waals surface area (Å²) in [6, 6.07) is -0.633. The maximum Gasteiger partial charge on any atom is 0.369 e. The van der Waals surface area contributed by atoms with Crippen molar-refractivity contribution in [1.29, 1.82) is 0 Å². The van der Waals surface area contributed by atoms with E-state index < -0.39 is 6.03 Å². The minimum absolute atomic E-state index is 0.169. The third-order valence-corrected chi connectivity index (χ3v) is 1.14. The van der Waals surface area contributed by atoms with Crippen LogP contribution in [0.2, 0.25) is 0 Å². The van der Waals surface area contributed by atoms with E-state index in [0.29, 0.717) is 5.57 Å². The molecule has 1 aliphatic heterocycles. The molecule has 0 aliphatic carbocycles. The van der Waals surface area contributed by atoms with Crippen LogP contribution in [-0.4, -0.2) is 24.0 Å². The molecule has 0 saturated heterocycles. The van der Waals surface area contributed by atoms with Crippen LogP contribution in [0, 0.1) is 0 Å². The monoisotopic (exact) mass is 165 g/mol. The molecule has 0 aromatic carbocycles. The molecule has 0 atom stereocenters. The second kappa shape index (κ2) is 3.08. The first-order chi connectivity index (χ1) is 5.59. The number of amides is 3. The summed E-state index contributed by atoms with van der Waals surface area (Å²) in [6.07, 6.45) is 1.26. The molecule has 0 bridgehead atoms. The van der Waals surface area contributed by atoms with Crippen molar-refractivity contribution in [3.8, 4) is 0 Å². The standard InChI is InChI=1S/C7H7N3O2/c1-4-3-8-7(12)10-6(4)9-5(2)11/h3H,1H2,2H3,(H,9,10,11,12). The third kappa shape index (κ3) is 1.85. The van der Waals surface area contributed by atoms with Crippen LogP contribution in [0.25, 0.3) is 0 Å². The lowest BCUT2D eigenvalue weighted by Gasteiger charge is -2.07. The van der Waals surface area contributed by atoms with Gasteiger partial charge in [0.1, 0.15) is 5.84 Å². The normalized spacial score (nSPS) is 15.9. The molecular weight excluding hydrogens is 158 g/mol. The molecule has 0 radical (unpaired) electrons. The number of carbonyl (C=O) groups is 2. The SMILES string of the molecule is C=C1C=NC(=O)N=C1NC(C)=O. The molecule has 1 heterocycles. The number of nitrogens with zero attached hydrogens (tertiary/aromatic N) is 2. The molecule has 0 unspecified atom stereocenters. The van der Waals surface area contributed by atoms with Gasteiger partial charge < -0.3 is 5.32 Å². The summed E-state index contributed by atoms with van der Waals surface area (Å²) in [5.74, 6) is -0.125. The van der Waals surface area contributed by atoms with Gasteiger partial charge in [-0.3, -0.25) is 4.79 Å². The molecule has 5 nitrogen and oxygen atoms in total. The van der Waals surface area contributed by atoms with Gasteiger partial charge in [0, 0.05) is 18.7 Å². The molecule has 62 valence electrons. The Hall–Kier alpha value is -1.78. The molecule has 1 aliphatic rings. The van der Waals surface area contributed by atoms with E-state index in [4.69, 9.17) is 0 Å². The van der Waals surface area contributed by atoms with Crippen molar-refractivity contribution in [3.63, 3.8) is 0 Å². The highest BCUT2D eigenvalue weighted by atomic mass is 16.2. The average Bonchev–Trinajstić information content (AvgIpc) is 1.96. The number of hydrogen-bond donors (Lipinski definition) is 1. The lowest BCUT2D eigenvalue weighted by Crippen LogP contribution is -2.32. The lowest BCUT2D eigenvalue weighted by atomic mass is 10.3. The van der Waals surface area contributed by atoms with Crippen LogP contribution < -0.4 is 5.32 Å². The van der Waals surface area contributed by atoms with E-state index in [1.165, 1.54) is 13.1 Å².